The molecule has 0 spiro atoms. The lowest BCUT2D eigenvalue weighted by Crippen LogP contribution is -2.48. The maximum Gasteiger partial charge on any atom is 0.256 e. The molecule has 0 bridgehead atoms. The number of hydrogen-bond acceptors (Lipinski definition) is 6. The van der Waals surface area contributed by atoms with E-state index in [2.05, 4.69) is 30.3 Å². The highest BCUT2D eigenvalue weighted by atomic mass is 16.1. The lowest BCUT2D eigenvalue weighted by atomic mass is 10.1. The summed E-state index contributed by atoms with van der Waals surface area (Å²) in [5, 5.41) is 10.9. The SMILES string of the molecule is CC(C)(C)NC(=O)CCN1CCN(c2ccnc3nncn23)CC1. The summed E-state index contributed by atoms with van der Waals surface area (Å²) in [7, 11) is 0. The second-order valence-electron chi connectivity index (χ2n) is 7.18. The predicted molar refractivity (Wildman–Crippen MR) is 91.9 cm³/mol. The van der Waals surface area contributed by atoms with Crippen LogP contribution in [-0.2, 0) is 4.79 Å². The minimum absolute atomic E-state index is 0.116. The molecule has 1 amide bonds. The number of fused-ring (bicyclic) bond motifs is 1. The standard InChI is InChI=1S/C16H25N7O/c1-16(2,3)19-13(24)5-7-21-8-10-22(11-9-21)14-4-6-17-15-20-18-12-23(14)15/h4,6,12H,5,7-11H2,1-3H3,(H,19,24). The molecule has 8 nitrogen and oxygen atoms in total. The van der Waals surface area contributed by atoms with Gasteiger partial charge in [-0.05, 0) is 26.8 Å². The Morgan fingerprint density at radius 1 is 1.25 bits per heavy atom. The molecule has 0 saturated carbocycles. The fourth-order valence-corrected chi connectivity index (χ4v) is 2.93. The first-order chi connectivity index (χ1) is 11.4. The molecular formula is C16H25N7O. The molecule has 130 valence electrons. The van der Waals surface area contributed by atoms with Gasteiger partial charge in [0, 0.05) is 50.9 Å². The Morgan fingerprint density at radius 3 is 2.71 bits per heavy atom. The van der Waals surface area contributed by atoms with E-state index >= 15 is 0 Å². The molecule has 0 radical (unpaired) electrons. The predicted octanol–water partition coefficient (Wildman–Crippen LogP) is 0.551. The molecule has 1 fully saturated rings. The van der Waals surface area contributed by atoms with Gasteiger partial charge in [0.15, 0.2) is 0 Å². The monoisotopic (exact) mass is 331 g/mol. The van der Waals surface area contributed by atoms with Crippen LogP contribution in [0.1, 0.15) is 27.2 Å². The summed E-state index contributed by atoms with van der Waals surface area (Å²) in [5.74, 6) is 1.80. The van der Waals surface area contributed by atoms with Crippen LogP contribution in [0.15, 0.2) is 18.6 Å². The second-order valence-corrected chi connectivity index (χ2v) is 7.18. The highest BCUT2D eigenvalue weighted by Crippen LogP contribution is 2.16. The van der Waals surface area contributed by atoms with Crippen LogP contribution in [0.2, 0.25) is 0 Å². The smallest absolute Gasteiger partial charge is 0.256 e. The number of carbonyl (C=O) groups excluding carboxylic acids is 1. The molecule has 8 heteroatoms. The third-order valence-electron chi connectivity index (χ3n) is 4.06. The molecule has 1 N–H and O–H groups in total. The second kappa shape index (κ2) is 6.72. The maximum absolute atomic E-state index is 11.9. The first-order valence-corrected chi connectivity index (χ1v) is 8.35. The Kier molecular flexibility index (Phi) is 4.66. The van der Waals surface area contributed by atoms with Crippen LogP contribution in [0.25, 0.3) is 5.78 Å². The zero-order valence-corrected chi connectivity index (χ0v) is 14.6. The summed E-state index contributed by atoms with van der Waals surface area (Å²) < 4.78 is 1.91. The zero-order valence-electron chi connectivity index (χ0n) is 14.6. The molecule has 0 atom stereocenters. The maximum atomic E-state index is 11.9. The highest BCUT2D eigenvalue weighted by Gasteiger charge is 2.20. The van der Waals surface area contributed by atoms with Crippen molar-refractivity contribution in [3.05, 3.63) is 18.6 Å². The van der Waals surface area contributed by atoms with Crippen LogP contribution >= 0.6 is 0 Å². The van der Waals surface area contributed by atoms with E-state index in [1.807, 2.05) is 31.2 Å². The summed E-state index contributed by atoms with van der Waals surface area (Å²) in [4.78, 5) is 20.8. The molecule has 2 aromatic rings. The van der Waals surface area contributed by atoms with Crippen molar-refractivity contribution in [1.29, 1.82) is 0 Å². The molecule has 1 aliphatic rings. The molecule has 0 unspecified atom stereocenters. The number of hydrogen-bond donors (Lipinski definition) is 1. The van der Waals surface area contributed by atoms with Crippen LogP contribution in [-0.4, -0.2) is 68.7 Å². The fraction of sp³-hybridized carbons (Fsp3) is 0.625. The van der Waals surface area contributed by atoms with Crippen molar-refractivity contribution in [2.45, 2.75) is 32.7 Å². The topological polar surface area (TPSA) is 78.7 Å². The number of carbonyl (C=O) groups is 1. The number of aromatic nitrogens is 4. The van der Waals surface area contributed by atoms with Gasteiger partial charge >= 0.3 is 0 Å². The molecule has 0 aliphatic carbocycles. The lowest BCUT2D eigenvalue weighted by molar-refractivity contribution is -0.122. The Bertz CT molecular complexity index is 698. The van der Waals surface area contributed by atoms with Crippen LogP contribution in [0.3, 0.4) is 0 Å². The molecule has 3 heterocycles. The lowest BCUT2D eigenvalue weighted by Gasteiger charge is -2.36. The molecule has 24 heavy (non-hydrogen) atoms. The van der Waals surface area contributed by atoms with Gasteiger partial charge in [-0.15, -0.1) is 10.2 Å². The average Bonchev–Trinajstić information content (AvgIpc) is 3.00. The largest absolute Gasteiger partial charge is 0.355 e. The number of piperazine rings is 1. The summed E-state index contributed by atoms with van der Waals surface area (Å²) in [5.41, 5.74) is -0.165. The molecule has 0 aromatic carbocycles. The van der Waals surface area contributed by atoms with Crippen molar-refractivity contribution >= 4 is 17.5 Å². The van der Waals surface area contributed by atoms with E-state index in [-0.39, 0.29) is 11.4 Å². The van der Waals surface area contributed by atoms with Gasteiger partial charge in [0.1, 0.15) is 12.1 Å². The van der Waals surface area contributed by atoms with Gasteiger partial charge in [0.05, 0.1) is 0 Å². The molecule has 2 aromatic heterocycles. The van der Waals surface area contributed by atoms with Crippen LogP contribution in [0.5, 0.6) is 0 Å². The van der Waals surface area contributed by atoms with Gasteiger partial charge in [-0.25, -0.2) is 4.98 Å². The zero-order chi connectivity index (χ0) is 17.2. The Morgan fingerprint density at radius 2 is 2.00 bits per heavy atom. The van der Waals surface area contributed by atoms with Crippen LogP contribution in [0.4, 0.5) is 5.82 Å². The average molecular weight is 331 g/mol. The Labute approximate surface area is 141 Å². The molecule has 3 rings (SSSR count). The third-order valence-corrected chi connectivity index (χ3v) is 4.06. The van der Waals surface area contributed by atoms with E-state index < -0.39 is 0 Å². The number of anilines is 1. The van der Waals surface area contributed by atoms with Crippen molar-refractivity contribution in [2.24, 2.45) is 0 Å². The number of nitrogens with one attached hydrogen (secondary N) is 1. The summed E-state index contributed by atoms with van der Waals surface area (Å²) in [6.45, 7) is 10.5. The molecule has 1 aliphatic heterocycles. The minimum Gasteiger partial charge on any atom is -0.355 e. The van der Waals surface area contributed by atoms with Crippen LogP contribution < -0.4 is 10.2 Å². The van der Waals surface area contributed by atoms with E-state index in [1.54, 1.807) is 12.5 Å². The van der Waals surface area contributed by atoms with Crippen molar-refractivity contribution < 1.29 is 4.79 Å². The number of nitrogens with zero attached hydrogens (tertiary/aromatic N) is 6. The number of amides is 1. The van der Waals surface area contributed by atoms with Gasteiger partial charge in [-0.1, -0.05) is 0 Å². The summed E-state index contributed by atoms with van der Waals surface area (Å²) in [6, 6.07) is 1.99. The van der Waals surface area contributed by atoms with Crippen LogP contribution in [0, 0.1) is 0 Å². The van der Waals surface area contributed by atoms with Crippen molar-refractivity contribution in [3.8, 4) is 0 Å². The van der Waals surface area contributed by atoms with Gasteiger partial charge in [-0.2, -0.15) is 0 Å². The first-order valence-electron chi connectivity index (χ1n) is 8.35. The van der Waals surface area contributed by atoms with Gasteiger partial charge < -0.3 is 10.2 Å². The van der Waals surface area contributed by atoms with Crippen molar-refractivity contribution in [2.75, 3.05) is 37.6 Å². The van der Waals surface area contributed by atoms with Crippen molar-refractivity contribution in [3.63, 3.8) is 0 Å². The summed E-state index contributed by atoms with van der Waals surface area (Å²) >= 11 is 0. The third kappa shape index (κ3) is 4.00. The van der Waals surface area contributed by atoms with E-state index in [0.29, 0.717) is 12.2 Å². The normalized spacial score (nSPS) is 16.5. The van der Waals surface area contributed by atoms with E-state index in [4.69, 9.17) is 0 Å². The van der Waals surface area contributed by atoms with E-state index in [9.17, 15) is 4.79 Å². The van der Waals surface area contributed by atoms with Crippen molar-refractivity contribution in [1.82, 2.24) is 29.8 Å². The van der Waals surface area contributed by atoms with Gasteiger partial charge in [-0.3, -0.25) is 14.1 Å². The Balaban J connectivity index is 1.51. The molecular weight excluding hydrogens is 306 g/mol. The fourth-order valence-electron chi connectivity index (χ4n) is 2.93. The Hall–Kier alpha value is -2.22. The van der Waals surface area contributed by atoms with Gasteiger partial charge in [0.2, 0.25) is 5.91 Å². The highest BCUT2D eigenvalue weighted by molar-refractivity contribution is 5.76. The van der Waals surface area contributed by atoms with E-state index in [0.717, 1.165) is 38.5 Å². The summed E-state index contributed by atoms with van der Waals surface area (Å²) in [6.07, 6.45) is 4.01. The minimum atomic E-state index is -0.165. The molecule has 1 saturated heterocycles. The number of rotatable bonds is 4. The van der Waals surface area contributed by atoms with Gasteiger partial charge in [0.25, 0.3) is 5.78 Å². The quantitative estimate of drug-likeness (QED) is 0.881. The first kappa shape index (κ1) is 16.6. The van der Waals surface area contributed by atoms with E-state index in [1.165, 1.54) is 0 Å².